The van der Waals surface area contributed by atoms with Crippen LogP contribution >= 0.6 is 11.6 Å². The van der Waals surface area contributed by atoms with Crippen molar-refractivity contribution < 1.29 is 4.42 Å². The first-order valence-corrected chi connectivity index (χ1v) is 7.52. The molecule has 3 rings (SSSR count). The van der Waals surface area contributed by atoms with E-state index in [9.17, 15) is 0 Å². The summed E-state index contributed by atoms with van der Waals surface area (Å²) in [6, 6.07) is 8.62. The van der Waals surface area contributed by atoms with Crippen molar-refractivity contribution in [3.63, 3.8) is 0 Å². The third-order valence-electron chi connectivity index (χ3n) is 4.27. The molecule has 1 fully saturated rings. The lowest BCUT2D eigenvalue weighted by Gasteiger charge is -2.22. The monoisotopic (exact) mass is 277 g/mol. The van der Waals surface area contributed by atoms with Gasteiger partial charge in [0.15, 0.2) is 5.58 Å². The Morgan fingerprint density at radius 1 is 1.21 bits per heavy atom. The Labute approximate surface area is 119 Å². The number of fused-ring (bicyclic) bond motifs is 1. The molecule has 0 saturated heterocycles. The standard InChI is InChI=1S/C16H20ClNO/c1-18-14-9-4-2-3-7-12(14)15-10-11-6-5-8-13(17)16(11)19-15/h5-6,8,10,12,14,18H,2-4,7,9H2,1H3. The average molecular weight is 278 g/mol. The van der Waals surface area contributed by atoms with Gasteiger partial charge in [-0.05, 0) is 32.0 Å². The molecule has 1 aliphatic rings. The molecule has 0 radical (unpaired) electrons. The topological polar surface area (TPSA) is 25.2 Å². The van der Waals surface area contributed by atoms with Crippen LogP contribution in [-0.2, 0) is 0 Å². The van der Waals surface area contributed by atoms with Crippen LogP contribution in [0.15, 0.2) is 28.7 Å². The van der Waals surface area contributed by atoms with Crippen LogP contribution < -0.4 is 5.32 Å². The summed E-state index contributed by atoms with van der Waals surface area (Å²) in [4.78, 5) is 0. The summed E-state index contributed by atoms with van der Waals surface area (Å²) in [6.07, 6.45) is 6.35. The van der Waals surface area contributed by atoms with E-state index in [1.54, 1.807) is 0 Å². The minimum absolute atomic E-state index is 0.468. The van der Waals surface area contributed by atoms with E-state index in [2.05, 4.69) is 24.5 Å². The fourth-order valence-electron chi connectivity index (χ4n) is 3.22. The lowest BCUT2D eigenvalue weighted by atomic mass is 9.92. The van der Waals surface area contributed by atoms with Crippen molar-refractivity contribution in [3.8, 4) is 0 Å². The Kier molecular flexibility index (Phi) is 3.81. The molecule has 1 N–H and O–H groups in total. The summed E-state index contributed by atoms with van der Waals surface area (Å²) < 4.78 is 6.05. The maximum atomic E-state index is 6.20. The summed E-state index contributed by atoms with van der Waals surface area (Å²) >= 11 is 6.20. The third-order valence-corrected chi connectivity index (χ3v) is 4.56. The minimum Gasteiger partial charge on any atom is -0.459 e. The quantitative estimate of drug-likeness (QED) is 0.804. The van der Waals surface area contributed by atoms with E-state index in [0.29, 0.717) is 17.0 Å². The lowest BCUT2D eigenvalue weighted by molar-refractivity contribution is 0.381. The number of nitrogens with one attached hydrogen (secondary N) is 1. The molecule has 19 heavy (non-hydrogen) atoms. The number of furan rings is 1. The molecule has 1 aromatic carbocycles. The molecular formula is C16H20ClNO. The Hall–Kier alpha value is -0.990. The van der Waals surface area contributed by atoms with Crippen molar-refractivity contribution in [3.05, 3.63) is 35.0 Å². The predicted octanol–water partition coefficient (Wildman–Crippen LogP) is 4.72. The number of rotatable bonds is 2. The van der Waals surface area contributed by atoms with Crippen LogP contribution in [0.25, 0.3) is 11.0 Å². The highest BCUT2D eigenvalue weighted by atomic mass is 35.5. The van der Waals surface area contributed by atoms with Crippen molar-refractivity contribution in [2.45, 2.75) is 44.1 Å². The molecular weight excluding hydrogens is 258 g/mol. The van der Waals surface area contributed by atoms with Gasteiger partial charge in [0.05, 0.1) is 5.02 Å². The zero-order valence-electron chi connectivity index (χ0n) is 11.3. The Morgan fingerprint density at radius 3 is 2.84 bits per heavy atom. The molecule has 1 aromatic heterocycles. The first-order valence-electron chi connectivity index (χ1n) is 7.15. The van der Waals surface area contributed by atoms with Gasteiger partial charge in [0, 0.05) is 17.3 Å². The minimum atomic E-state index is 0.468. The maximum absolute atomic E-state index is 6.20. The number of likely N-dealkylation sites (N-methyl/N-ethyl adjacent to an activating group) is 1. The van der Waals surface area contributed by atoms with Gasteiger partial charge in [-0.2, -0.15) is 0 Å². The fraction of sp³-hybridized carbons (Fsp3) is 0.500. The molecule has 2 atom stereocenters. The van der Waals surface area contributed by atoms with Crippen molar-refractivity contribution in [1.82, 2.24) is 5.32 Å². The number of hydrogen-bond acceptors (Lipinski definition) is 2. The van der Waals surface area contributed by atoms with Gasteiger partial charge in [-0.1, -0.05) is 43.0 Å². The van der Waals surface area contributed by atoms with Gasteiger partial charge in [-0.25, -0.2) is 0 Å². The molecule has 0 spiro atoms. The number of hydrogen-bond donors (Lipinski definition) is 1. The van der Waals surface area contributed by atoms with E-state index in [0.717, 1.165) is 16.7 Å². The van der Waals surface area contributed by atoms with Crippen LogP contribution in [0, 0.1) is 0 Å². The number of benzene rings is 1. The summed E-state index contributed by atoms with van der Waals surface area (Å²) in [5, 5.41) is 5.28. The van der Waals surface area contributed by atoms with Gasteiger partial charge >= 0.3 is 0 Å². The maximum Gasteiger partial charge on any atom is 0.152 e. The van der Waals surface area contributed by atoms with Gasteiger partial charge in [0.25, 0.3) is 0 Å². The second-order valence-corrected chi connectivity index (χ2v) is 5.85. The van der Waals surface area contributed by atoms with Gasteiger partial charge in [-0.15, -0.1) is 0 Å². The molecule has 1 aliphatic carbocycles. The normalized spacial score (nSPS) is 24.5. The van der Waals surface area contributed by atoms with Crippen LogP contribution in [0.4, 0.5) is 0 Å². The van der Waals surface area contributed by atoms with Crippen molar-refractivity contribution in [1.29, 1.82) is 0 Å². The largest absolute Gasteiger partial charge is 0.459 e. The van der Waals surface area contributed by atoms with E-state index in [-0.39, 0.29) is 0 Å². The van der Waals surface area contributed by atoms with Crippen molar-refractivity contribution >= 4 is 22.6 Å². The fourth-order valence-corrected chi connectivity index (χ4v) is 3.44. The lowest BCUT2D eigenvalue weighted by Crippen LogP contribution is -2.30. The molecule has 0 bridgehead atoms. The summed E-state index contributed by atoms with van der Waals surface area (Å²) in [5.74, 6) is 1.56. The van der Waals surface area contributed by atoms with Crippen LogP contribution in [0.5, 0.6) is 0 Å². The molecule has 0 amide bonds. The zero-order valence-corrected chi connectivity index (χ0v) is 12.0. The molecule has 1 saturated carbocycles. The predicted molar refractivity (Wildman–Crippen MR) is 79.9 cm³/mol. The second-order valence-electron chi connectivity index (χ2n) is 5.45. The first-order chi connectivity index (χ1) is 9.29. The number of halogens is 1. The molecule has 1 heterocycles. The third kappa shape index (κ3) is 2.52. The van der Waals surface area contributed by atoms with Crippen LogP contribution in [0.2, 0.25) is 5.02 Å². The summed E-state index contributed by atoms with van der Waals surface area (Å²) in [7, 11) is 2.05. The SMILES string of the molecule is CNC1CCCCCC1c1cc2cccc(Cl)c2o1. The number of para-hydroxylation sites is 1. The van der Waals surface area contributed by atoms with Gasteiger partial charge in [0.1, 0.15) is 5.76 Å². The van der Waals surface area contributed by atoms with Crippen molar-refractivity contribution in [2.24, 2.45) is 0 Å². The molecule has 102 valence electrons. The molecule has 2 unspecified atom stereocenters. The Balaban J connectivity index is 1.99. The van der Waals surface area contributed by atoms with E-state index in [1.165, 1.54) is 32.1 Å². The molecule has 3 heteroatoms. The molecule has 2 aromatic rings. The van der Waals surface area contributed by atoms with E-state index >= 15 is 0 Å². The van der Waals surface area contributed by atoms with E-state index in [4.69, 9.17) is 16.0 Å². The highest BCUT2D eigenvalue weighted by Gasteiger charge is 2.26. The highest BCUT2D eigenvalue weighted by Crippen LogP contribution is 2.36. The van der Waals surface area contributed by atoms with Gasteiger partial charge < -0.3 is 9.73 Å². The zero-order chi connectivity index (χ0) is 13.2. The first kappa shape index (κ1) is 13.0. The van der Waals surface area contributed by atoms with Crippen LogP contribution in [0.1, 0.15) is 43.8 Å². The smallest absolute Gasteiger partial charge is 0.152 e. The summed E-state index contributed by atoms with van der Waals surface area (Å²) in [5.41, 5.74) is 0.832. The Bertz CT molecular complexity index is 563. The van der Waals surface area contributed by atoms with Crippen LogP contribution in [0.3, 0.4) is 0 Å². The highest BCUT2D eigenvalue weighted by molar-refractivity contribution is 6.34. The van der Waals surface area contributed by atoms with Gasteiger partial charge in [0.2, 0.25) is 0 Å². The average Bonchev–Trinajstić information content (AvgIpc) is 2.71. The Morgan fingerprint density at radius 2 is 2.05 bits per heavy atom. The van der Waals surface area contributed by atoms with Crippen molar-refractivity contribution in [2.75, 3.05) is 7.05 Å². The van der Waals surface area contributed by atoms with E-state index in [1.807, 2.05) is 12.1 Å². The molecule has 2 nitrogen and oxygen atoms in total. The summed E-state index contributed by atoms with van der Waals surface area (Å²) in [6.45, 7) is 0. The van der Waals surface area contributed by atoms with Crippen LogP contribution in [-0.4, -0.2) is 13.1 Å². The second kappa shape index (κ2) is 5.56. The van der Waals surface area contributed by atoms with Gasteiger partial charge in [-0.3, -0.25) is 0 Å². The molecule has 0 aliphatic heterocycles. The van der Waals surface area contributed by atoms with E-state index < -0.39 is 0 Å².